The summed E-state index contributed by atoms with van der Waals surface area (Å²) in [5.74, 6) is 0.126. The summed E-state index contributed by atoms with van der Waals surface area (Å²) >= 11 is 0. The fourth-order valence-corrected chi connectivity index (χ4v) is 2.72. The molecule has 0 saturated heterocycles. The van der Waals surface area contributed by atoms with Crippen molar-refractivity contribution in [2.45, 2.75) is 20.0 Å². The van der Waals surface area contributed by atoms with Crippen LogP contribution in [-0.4, -0.2) is 29.9 Å². The van der Waals surface area contributed by atoms with Gasteiger partial charge < -0.3 is 15.0 Å². The van der Waals surface area contributed by atoms with Gasteiger partial charge >= 0.3 is 0 Å². The van der Waals surface area contributed by atoms with E-state index < -0.39 is 0 Å². The van der Waals surface area contributed by atoms with E-state index >= 15 is 0 Å². The van der Waals surface area contributed by atoms with Crippen LogP contribution < -0.4 is 15.0 Å². The second kappa shape index (κ2) is 9.01. The van der Waals surface area contributed by atoms with Crippen LogP contribution in [0.2, 0.25) is 0 Å². The predicted molar refractivity (Wildman–Crippen MR) is 114 cm³/mol. The number of aromatic nitrogens is 1. The average molecular weight is 389 g/mol. The average Bonchev–Trinajstić information content (AvgIpc) is 2.74. The molecule has 0 aliphatic carbocycles. The maximum atomic E-state index is 12.7. The molecule has 0 unspecified atom stereocenters. The number of amides is 2. The summed E-state index contributed by atoms with van der Waals surface area (Å²) in [5.41, 5.74) is 1.94. The SMILES string of the molecule is CC(C)Oc1ccc(NC(=O)c2ccnc(C(=O)N(C)c3ccccc3)c2)cc1. The van der Waals surface area contributed by atoms with Crippen molar-refractivity contribution >= 4 is 23.2 Å². The van der Waals surface area contributed by atoms with Crippen molar-refractivity contribution in [2.24, 2.45) is 0 Å². The summed E-state index contributed by atoms with van der Waals surface area (Å²) in [6.07, 6.45) is 1.54. The molecule has 29 heavy (non-hydrogen) atoms. The summed E-state index contributed by atoms with van der Waals surface area (Å²) in [6, 6.07) is 19.5. The summed E-state index contributed by atoms with van der Waals surface area (Å²) in [7, 11) is 1.67. The van der Waals surface area contributed by atoms with Gasteiger partial charge in [0.2, 0.25) is 0 Å². The molecule has 2 aromatic carbocycles. The van der Waals surface area contributed by atoms with Gasteiger partial charge in [-0.15, -0.1) is 0 Å². The van der Waals surface area contributed by atoms with E-state index in [1.165, 1.54) is 17.2 Å². The van der Waals surface area contributed by atoms with Gasteiger partial charge in [0.25, 0.3) is 11.8 Å². The van der Waals surface area contributed by atoms with Crippen molar-refractivity contribution in [2.75, 3.05) is 17.3 Å². The second-order valence-electron chi connectivity index (χ2n) is 6.77. The smallest absolute Gasteiger partial charge is 0.276 e. The Kier molecular flexibility index (Phi) is 6.24. The molecule has 0 radical (unpaired) electrons. The number of para-hydroxylation sites is 1. The molecule has 6 heteroatoms. The standard InChI is InChI=1S/C23H23N3O3/c1-16(2)29-20-11-9-18(10-12-20)25-22(27)17-13-14-24-21(15-17)23(28)26(3)19-7-5-4-6-8-19/h4-16H,1-3H3,(H,25,27). The lowest BCUT2D eigenvalue weighted by atomic mass is 10.2. The minimum Gasteiger partial charge on any atom is -0.491 e. The van der Waals surface area contributed by atoms with Crippen LogP contribution in [0.1, 0.15) is 34.7 Å². The predicted octanol–water partition coefficient (Wildman–Crippen LogP) is 4.40. The number of ether oxygens (including phenoxy) is 1. The Balaban J connectivity index is 1.71. The van der Waals surface area contributed by atoms with E-state index in [-0.39, 0.29) is 23.6 Å². The van der Waals surface area contributed by atoms with Gasteiger partial charge in [0.1, 0.15) is 11.4 Å². The van der Waals surface area contributed by atoms with Gasteiger partial charge in [-0.3, -0.25) is 14.6 Å². The monoisotopic (exact) mass is 389 g/mol. The number of benzene rings is 2. The van der Waals surface area contributed by atoms with Crippen LogP contribution in [0.3, 0.4) is 0 Å². The van der Waals surface area contributed by atoms with Gasteiger partial charge in [-0.05, 0) is 62.4 Å². The first-order valence-electron chi connectivity index (χ1n) is 9.31. The van der Waals surface area contributed by atoms with Crippen LogP contribution in [0.25, 0.3) is 0 Å². The van der Waals surface area contributed by atoms with E-state index in [0.29, 0.717) is 11.3 Å². The highest BCUT2D eigenvalue weighted by Gasteiger charge is 2.17. The van der Waals surface area contributed by atoms with E-state index in [2.05, 4.69) is 10.3 Å². The Bertz CT molecular complexity index is 986. The molecule has 6 nitrogen and oxygen atoms in total. The van der Waals surface area contributed by atoms with E-state index in [1.807, 2.05) is 44.2 Å². The fraction of sp³-hybridized carbons (Fsp3) is 0.174. The molecule has 2 amide bonds. The van der Waals surface area contributed by atoms with Gasteiger partial charge in [0.15, 0.2) is 0 Å². The highest BCUT2D eigenvalue weighted by atomic mass is 16.5. The topological polar surface area (TPSA) is 71.5 Å². The number of carbonyl (C=O) groups is 2. The number of rotatable bonds is 6. The molecule has 0 bridgehead atoms. The van der Waals surface area contributed by atoms with Gasteiger partial charge in [-0.1, -0.05) is 18.2 Å². The Hall–Kier alpha value is -3.67. The quantitative estimate of drug-likeness (QED) is 0.678. The Morgan fingerprint density at radius 2 is 1.69 bits per heavy atom. The third-order valence-corrected chi connectivity index (χ3v) is 4.17. The van der Waals surface area contributed by atoms with Crippen molar-refractivity contribution in [3.63, 3.8) is 0 Å². The minimum absolute atomic E-state index is 0.0808. The Labute approximate surface area is 170 Å². The van der Waals surface area contributed by atoms with Gasteiger partial charge in [-0.2, -0.15) is 0 Å². The lowest BCUT2D eigenvalue weighted by molar-refractivity contribution is 0.0988. The van der Waals surface area contributed by atoms with Gasteiger partial charge in [0.05, 0.1) is 6.10 Å². The van der Waals surface area contributed by atoms with E-state index in [1.54, 1.807) is 37.4 Å². The van der Waals surface area contributed by atoms with Crippen molar-refractivity contribution in [1.82, 2.24) is 4.98 Å². The molecule has 0 atom stereocenters. The molecule has 1 heterocycles. The molecule has 0 aliphatic rings. The first-order chi connectivity index (χ1) is 13.9. The van der Waals surface area contributed by atoms with Crippen molar-refractivity contribution < 1.29 is 14.3 Å². The first kappa shape index (κ1) is 20.1. The second-order valence-corrected chi connectivity index (χ2v) is 6.77. The molecule has 148 valence electrons. The van der Waals surface area contributed by atoms with Crippen LogP contribution in [0, 0.1) is 0 Å². The number of pyridine rings is 1. The zero-order chi connectivity index (χ0) is 20.8. The van der Waals surface area contributed by atoms with E-state index in [4.69, 9.17) is 4.74 Å². The third kappa shape index (κ3) is 5.19. The first-order valence-corrected chi connectivity index (χ1v) is 9.31. The molecule has 1 N–H and O–H groups in total. The lowest BCUT2D eigenvalue weighted by Crippen LogP contribution is -2.27. The number of anilines is 2. The summed E-state index contributed by atoms with van der Waals surface area (Å²) < 4.78 is 5.60. The van der Waals surface area contributed by atoms with Crippen molar-refractivity contribution in [1.29, 1.82) is 0 Å². The highest BCUT2D eigenvalue weighted by Crippen LogP contribution is 2.18. The molecule has 0 saturated carbocycles. The molecule has 0 spiro atoms. The zero-order valence-corrected chi connectivity index (χ0v) is 16.6. The zero-order valence-electron chi connectivity index (χ0n) is 16.6. The molecular formula is C23H23N3O3. The van der Waals surface area contributed by atoms with Crippen LogP contribution >= 0.6 is 0 Å². The highest BCUT2D eigenvalue weighted by molar-refractivity contribution is 6.08. The normalized spacial score (nSPS) is 10.5. The molecule has 0 aliphatic heterocycles. The largest absolute Gasteiger partial charge is 0.491 e. The Morgan fingerprint density at radius 1 is 1.00 bits per heavy atom. The Morgan fingerprint density at radius 3 is 2.34 bits per heavy atom. The molecular weight excluding hydrogens is 366 g/mol. The summed E-state index contributed by atoms with van der Waals surface area (Å²) in [5, 5.41) is 2.82. The molecule has 0 fully saturated rings. The van der Waals surface area contributed by atoms with E-state index in [9.17, 15) is 9.59 Å². The van der Waals surface area contributed by atoms with Gasteiger partial charge in [-0.25, -0.2) is 0 Å². The van der Waals surface area contributed by atoms with Crippen LogP contribution in [0.4, 0.5) is 11.4 Å². The van der Waals surface area contributed by atoms with Crippen LogP contribution in [-0.2, 0) is 0 Å². The number of nitrogens with zero attached hydrogens (tertiary/aromatic N) is 2. The third-order valence-electron chi connectivity index (χ3n) is 4.17. The van der Waals surface area contributed by atoms with E-state index in [0.717, 1.165) is 11.4 Å². The number of hydrogen-bond donors (Lipinski definition) is 1. The molecule has 1 aromatic heterocycles. The van der Waals surface area contributed by atoms with Crippen molar-refractivity contribution in [3.05, 3.63) is 84.2 Å². The fourth-order valence-electron chi connectivity index (χ4n) is 2.72. The maximum Gasteiger partial charge on any atom is 0.276 e. The number of carbonyl (C=O) groups excluding carboxylic acids is 2. The number of nitrogens with one attached hydrogen (secondary N) is 1. The van der Waals surface area contributed by atoms with Crippen LogP contribution in [0.5, 0.6) is 5.75 Å². The maximum absolute atomic E-state index is 12.7. The lowest BCUT2D eigenvalue weighted by Gasteiger charge is -2.17. The molecule has 3 rings (SSSR count). The van der Waals surface area contributed by atoms with Crippen molar-refractivity contribution in [3.8, 4) is 5.75 Å². The molecule has 3 aromatic rings. The van der Waals surface area contributed by atoms with Crippen LogP contribution in [0.15, 0.2) is 72.9 Å². The number of hydrogen-bond acceptors (Lipinski definition) is 4. The van der Waals surface area contributed by atoms with Gasteiger partial charge in [0, 0.05) is 30.2 Å². The minimum atomic E-state index is -0.318. The summed E-state index contributed by atoms with van der Waals surface area (Å²) in [4.78, 5) is 30.9. The summed E-state index contributed by atoms with van der Waals surface area (Å²) in [6.45, 7) is 3.90.